The van der Waals surface area contributed by atoms with E-state index in [0.29, 0.717) is 35.1 Å². The molecule has 236 valence electrons. The van der Waals surface area contributed by atoms with Gasteiger partial charge in [-0.05, 0) is 101 Å². The molecule has 1 spiro atoms. The van der Waals surface area contributed by atoms with E-state index in [9.17, 15) is 13.2 Å². The van der Waals surface area contributed by atoms with E-state index in [1.165, 1.54) is 5.56 Å². The third-order valence-electron chi connectivity index (χ3n) is 9.32. The van der Waals surface area contributed by atoms with E-state index in [1.807, 2.05) is 81.2 Å². The molecule has 9 heteroatoms. The Kier molecular flexibility index (Phi) is 10.0. The van der Waals surface area contributed by atoms with E-state index in [1.54, 1.807) is 4.31 Å². The molecule has 1 saturated heterocycles. The molecule has 1 fully saturated rings. The molecule has 0 bridgehead atoms. The lowest BCUT2D eigenvalue weighted by Crippen LogP contribution is -2.46. The molecule has 6 nitrogen and oxygen atoms in total. The standard InChI is InChI=1S/C35H43Cl2N3O3S/c1-5-18-44(42,43)40-24-35(30-8-6-7-9-33(30)40)13-16-39(17-14-35)15-12-28(27-10-11-31(36)32(37)22-27)23-38(4)34(41)29-20-25(2)19-26(3)21-29/h6-11,19-22,28H,5,12-18,23-24H2,1-4H3. The zero-order chi connectivity index (χ0) is 31.6. The third kappa shape index (κ3) is 6.96. The highest BCUT2D eigenvalue weighted by Gasteiger charge is 2.47. The molecule has 1 amide bonds. The Morgan fingerprint density at radius 1 is 0.977 bits per heavy atom. The summed E-state index contributed by atoms with van der Waals surface area (Å²) in [6.45, 7) is 9.66. The first kappa shape index (κ1) is 32.8. The minimum absolute atomic E-state index is 0.00394. The number of fused-ring (bicyclic) bond motifs is 2. The first-order chi connectivity index (χ1) is 20.9. The van der Waals surface area contributed by atoms with Crippen LogP contribution in [0.3, 0.4) is 0 Å². The Labute approximate surface area is 273 Å². The highest BCUT2D eigenvalue weighted by atomic mass is 35.5. The molecule has 3 aromatic carbocycles. The predicted octanol–water partition coefficient (Wildman–Crippen LogP) is 7.45. The van der Waals surface area contributed by atoms with Crippen LogP contribution in [0.25, 0.3) is 0 Å². The number of carbonyl (C=O) groups is 1. The second-order valence-corrected chi connectivity index (χ2v) is 15.5. The fraction of sp³-hybridized carbons (Fsp3) is 0.457. The Morgan fingerprint density at radius 3 is 2.32 bits per heavy atom. The van der Waals surface area contributed by atoms with Crippen molar-refractivity contribution in [1.82, 2.24) is 9.80 Å². The zero-order valence-corrected chi connectivity index (χ0v) is 28.5. The van der Waals surface area contributed by atoms with Crippen molar-refractivity contribution in [1.29, 1.82) is 0 Å². The van der Waals surface area contributed by atoms with Crippen LogP contribution in [-0.4, -0.2) is 69.6 Å². The number of hydrogen-bond donors (Lipinski definition) is 0. The van der Waals surface area contributed by atoms with E-state index in [-0.39, 0.29) is 23.0 Å². The Bertz CT molecular complexity index is 1600. The molecule has 1 unspecified atom stereocenters. The molecule has 2 aliphatic rings. The number of benzene rings is 3. The lowest BCUT2D eigenvalue weighted by atomic mass is 9.74. The number of hydrogen-bond acceptors (Lipinski definition) is 4. The van der Waals surface area contributed by atoms with Gasteiger partial charge in [-0.1, -0.05) is 71.6 Å². The molecular formula is C35H43Cl2N3O3S. The molecule has 44 heavy (non-hydrogen) atoms. The smallest absolute Gasteiger partial charge is 0.253 e. The number of anilines is 1. The van der Waals surface area contributed by atoms with Crippen LogP contribution in [-0.2, 0) is 15.4 Å². The highest BCUT2D eigenvalue weighted by Crippen LogP contribution is 2.48. The summed E-state index contributed by atoms with van der Waals surface area (Å²) in [4.78, 5) is 17.7. The summed E-state index contributed by atoms with van der Waals surface area (Å²) in [7, 11) is -1.48. The summed E-state index contributed by atoms with van der Waals surface area (Å²) in [6, 6.07) is 19.8. The van der Waals surface area contributed by atoms with Gasteiger partial charge in [0, 0.05) is 37.0 Å². The average molecular weight is 657 g/mol. The molecule has 0 radical (unpaired) electrons. The number of halogens is 2. The topological polar surface area (TPSA) is 60.9 Å². The van der Waals surface area contributed by atoms with Crippen molar-refractivity contribution in [2.24, 2.45) is 0 Å². The summed E-state index contributed by atoms with van der Waals surface area (Å²) in [5, 5.41) is 1.03. The van der Waals surface area contributed by atoms with Gasteiger partial charge < -0.3 is 9.80 Å². The number of sulfonamides is 1. The van der Waals surface area contributed by atoms with Crippen molar-refractivity contribution in [3.63, 3.8) is 0 Å². The van der Waals surface area contributed by atoms with Crippen LogP contribution in [0.4, 0.5) is 5.69 Å². The van der Waals surface area contributed by atoms with Crippen LogP contribution in [0.2, 0.25) is 10.0 Å². The lowest BCUT2D eigenvalue weighted by Gasteiger charge is -2.40. The summed E-state index contributed by atoms with van der Waals surface area (Å²) in [5.41, 5.74) is 5.77. The minimum atomic E-state index is -3.35. The van der Waals surface area contributed by atoms with E-state index in [4.69, 9.17) is 23.2 Å². The van der Waals surface area contributed by atoms with Gasteiger partial charge in [0.05, 0.1) is 21.5 Å². The van der Waals surface area contributed by atoms with Crippen LogP contribution in [0.15, 0.2) is 60.7 Å². The molecular weight excluding hydrogens is 613 g/mol. The van der Waals surface area contributed by atoms with Crippen molar-refractivity contribution < 1.29 is 13.2 Å². The third-order valence-corrected chi connectivity index (χ3v) is 12.0. The number of likely N-dealkylation sites (N-methyl/N-ethyl adjacent to an activating group) is 1. The zero-order valence-electron chi connectivity index (χ0n) is 26.2. The maximum Gasteiger partial charge on any atom is 0.253 e. The molecule has 5 rings (SSSR count). The largest absolute Gasteiger partial charge is 0.341 e. The molecule has 2 aliphatic heterocycles. The van der Waals surface area contributed by atoms with E-state index < -0.39 is 10.0 Å². The molecule has 0 aromatic heterocycles. The summed E-state index contributed by atoms with van der Waals surface area (Å²) in [6.07, 6.45) is 3.27. The van der Waals surface area contributed by atoms with Crippen molar-refractivity contribution in [2.45, 2.75) is 57.8 Å². The van der Waals surface area contributed by atoms with Crippen LogP contribution in [0, 0.1) is 13.8 Å². The molecule has 1 atom stereocenters. The summed E-state index contributed by atoms with van der Waals surface area (Å²) >= 11 is 12.7. The van der Waals surface area contributed by atoms with Gasteiger partial charge in [-0.2, -0.15) is 0 Å². The van der Waals surface area contributed by atoms with Crippen molar-refractivity contribution in [2.75, 3.05) is 49.8 Å². The number of rotatable bonds is 10. The van der Waals surface area contributed by atoms with E-state index in [2.05, 4.69) is 17.0 Å². The van der Waals surface area contributed by atoms with E-state index >= 15 is 0 Å². The van der Waals surface area contributed by atoms with Gasteiger partial charge in [-0.15, -0.1) is 0 Å². The first-order valence-corrected chi connectivity index (χ1v) is 17.9. The van der Waals surface area contributed by atoms with Crippen molar-refractivity contribution >= 4 is 44.8 Å². The van der Waals surface area contributed by atoms with Gasteiger partial charge in [0.15, 0.2) is 0 Å². The molecule has 2 heterocycles. The second kappa shape index (κ2) is 13.4. The van der Waals surface area contributed by atoms with Crippen molar-refractivity contribution in [3.8, 4) is 0 Å². The normalized spacial score (nSPS) is 17.1. The van der Waals surface area contributed by atoms with Gasteiger partial charge >= 0.3 is 0 Å². The highest BCUT2D eigenvalue weighted by molar-refractivity contribution is 7.92. The number of aryl methyl sites for hydroxylation is 2. The SMILES string of the molecule is CCCS(=O)(=O)N1CC2(CCN(CCC(CN(C)C(=O)c3cc(C)cc(C)c3)c3ccc(Cl)c(Cl)c3)CC2)c2ccccc21. The van der Waals surface area contributed by atoms with E-state index in [0.717, 1.165) is 61.3 Å². The van der Waals surface area contributed by atoms with Gasteiger partial charge in [-0.25, -0.2) is 8.42 Å². The number of likely N-dealkylation sites (tertiary alicyclic amines) is 1. The van der Waals surface area contributed by atoms with Gasteiger partial charge in [0.1, 0.15) is 0 Å². The Morgan fingerprint density at radius 2 is 1.66 bits per heavy atom. The summed E-state index contributed by atoms with van der Waals surface area (Å²) < 4.78 is 28.0. The fourth-order valence-electron chi connectivity index (χ4n) is 7.03. The fourth-order valence-corrected chi connectivity index (χ4v) is 8.98. The van der Waals surface area contributed by atoms with Crippen LogP contribution < -0.4 is 4.31 Å². The lowest BCUT2D eigenvalue weighted by molar-refractivity contribution is 0.0780. The number of carbonyl (C=O) groups excluding carboxylic acids is 1. The number of piperidine rings is 1. The quantitative estimate of drug-likeness (QED) is 0.228. The van der Waals surface area contributed by atoms with Gasteiger partial charge in [-0.3, -0.25) is 9.10 Å². The predicted molar refractivity (Wildman–Crippen MR) is 182 cm³/mol. The second-order valence-electron chi connectivity index (χ2n) is 12.7. The number of para-hydroxylation sites is 1. The monoisotopic (exact) mass is 655 g/mol. The Balaban J connectivity index is 1.29. The molecule has 0 N–H and O–H groups in total. The maximum absolute atomic E-state index is 13.4. The number of nitrogens with zero attached hydrogens (tertiary/aromatic N) is 3. The number of amides is 1. The van der Waals surface area contributed by atoms with Crippen LogP contribution in [0.1, 0.15) is 71.1 Å². The van der Waals surface area contributed by atoms with Gasteiger partial charge in [0.25, 0.3) is 5.91 Å². The molecule has 0 saturated carbocycles. The Hall–Kier alpha value is -2.58. The average Bonchev–Trinajstić information content (AvgIpc) is 3.31. The first-order valence-electron chi connectivity index (χ1n) is 15.5. The minimum Gasteiger partial charge on any atom is -0.341 e. The van der Waals surface area contributed by atoms with Crippen LogP contribution in [0.5, 0.6) is 0 Å². The molecule has 0 aliphatic carbocycles. The van der Waals surface area contributed by atoms with Crippen LogP contribution >= 0.6 is 23.2 Å². The maximum atomic E-state index is 13.4. The summed E-state index contributed by atoms with van der Waals surface area (Å²) in [5.74, 6) is 0.242. The van der Waals surface area contributed by atoms with Crippen molar-refractivity contribution in [3.05, 3.63) is 98.5 Å². The van der Waals surface area contributed by atoms with Gasteiger partial charge in [0.2, 0.25) is 10.0 Å². The molecule has 3 aromatic rings.